The van der Waals surface area contributed by atoms with Crippen LogP contribution in [-0.4, -0.2) is 13.0 Å². The largest absolute Gasteiger partial charge is 1.00 e. The molecule has 0 N–H and O–H groups in total. The molecule has 0 fully saturated rings. The Morgan fingerprint density at radius 2 is 1.75 bits per heavy atom. The monoisotopic (exact) mass is 230 g/mol. The van der Waals surface area contributed by atoms with Crippen LogP contribution in [0.3, 0.4) is 0 Å². The molecule has 0 bridgehead atoms. The maximum atomic E-state index is 10.4. The van der Waals surface area contributed by atoms with Crippen LogP contribution in [0.1, 0.15) is 0 Å². The van der Waals surface area contributed by atoms with Gasteiger partial charge in [-0.25, -0.2) is 8.42 Å². The van der Waals surface area contributed by atoms with Crippen molar-refractivity contribution >= 4 is 21.7 Å². The number of rotatable bonds is 1. The Labute approximate surface area is 118 Å². The molecule has 0 saturated heterocycles. The van der Waals surface area contributed by atoms with E-state index >= 15 is 0 Å². The van der Waals surface area contributed by atoms with Gasteiger partial charge in [0, 0.05) is 0 Å². The van der Waals surface area contributed by atoms with Gasteiger partial charge < -0.3 is 4.55 Å². The summed E-state index contributed by atoms with van der Waals surface area (Å²) in [5.74, 6) is 0. The van der Waals surface area contributed by atoms with Crippen LogP contribution in [0, 0.1) is 0 Å². The minimum absolute atomic E-state index is 0. The van der Waals surface area contributed by atoms with Crippen molar-refractivity contribution in [1.82, 2.24) is 0 Å². The molecule has 0 unspecified atom stereocenters. The van der Waals surface area contributed by atoms with E-state index in [2.05, 4.69) is 0 Å². The molecule has 60 valence electrons. The van der Waals surface area contributed by atoms with Crippen LogP contribution in [0.15, 0.2) is 29.2 Å². The van der Waals surface area contributed by atoms with Gasteiger partial charge in [-0.05, 0) is 12.1 Å². The fourth-order valence-electron chi connectivity index (χ4n) is 0.647. The van der Waals surface area contributed by atoms with Gasteiger partial charge in [0.25, 0.3) is 0 Å². The fourth-order valence-corrected chi connectivity index (χ4v) is 1.62. The molecule has 0 heterocycles. The molecule has 0 aliphatic heterocycles. The maximum Gasteiger partial charge on any atom is 1.00 e. The number of hydrogen-bond acceptors (Lipinski definition) is 3. The molecule has 1 aromatic carbocycles. The predicted molar refractivity (Wildman–Crippen MR) is 39.4 cm³/mol. The van der Waals surface area contributed by atoms with Crippen molar-refractivity contribution in [2.75, 3.05) is 0 Å². The van der Waals surface area contributed by atoms with Crippen LogP contribution < -0.4 is 51.4 Å². The molecule has 0 aliphatic carbocycles. The summed E-state index contributed by atoms with van der Waals surface area (Å²) in [5.41, 5.74) is 0. The van der Waals surface area contributed by atoms with Gasteiger partial charge in [0.2, 0.25) is 0 Å². The van der Waals surface area contributed by atoms with E-state index in [4.69, 9.17) is 11.6 Å². The molecule has 0 amide bonds. The smallest absolute Gasteiger partial charge is 0.744 e. The third kappa shape index (κ3) is 3.43. The van der Waals surface area contributed by atoms with Crippen LogP contribution in [0.5, 0.6) is 0 Å². The van der Waals surface area contributed by atoms with Crippen molar-refractivity contribution in [3.05, 3.63) is 29.3 Å². The summed E-state index contributed by atoms with van der Waals surface area (Å²) in [6.45, 7) is 0. The Morgan fingerprint density at radius 3 is 2.08 bits per heavy atom. The van der Waals surface area contributed by atoms with Crippen LogP contribution in [0.25, 0.3) is 0 Å². The number of benzene rings is 1. The molecule has 0 saturated carbocycles. The van der Waals surface area contributed by atoms with Gasteiger partial charge in [-0.15, -0.1) is 0 Å². The van der Waals surface area contributed by atoms with E-state index in [0.717, 1.165) is 0 Å². The zero-order valence-corrected chi connectivity index (χ0v) is 11.0. The maximum absolute atomic E-state index is 10.4. The van der Waals surface area contributed by atoms with Crippen molar-refractivity contribution in [1.29, 1.82) is 0 Å². The van der Waals surface area contributed by atoms with Gasteiger partial charge in [-0.2, -0.15) is 0 Å². The van der Waals surface area contributed by atoms with Gasteiger partial charge in [0.05, 0.1) is 9.92 Å². The molecule has 1 rings (SSSR count). The Morgan fingerprint density at radius 1 is 1.25 bits per heavy atom. The normalized spacial score (nSPS) is 10.5. The van der Waals surface area contributed by atoms with E-state index in [1.165, 1.54) is 18.2 Å². The average Bonchev–Trinajstić information content (AvgIpc) is 1.86. The summed E-state index contributed by atoms with van der Waals surface area (Å²) in [6, 6.07) is 5.52. The third-order valence-electron chi connectivity index (χ3n) is 1.11. The average molecular weight is 231 g/mol. The van der Waals surface area contributed by atoms with Crippen molar-refractivity contribution < 1.29 is 64.4 Å². The summed E-state index contributed by atoms with van der Waals surface area (Å²) in [4.78, 5) is -0.373. The second kappa shape index (κ2) is 5.07. The van der Waals surface area contributed by atoms with Crippen LogP contribution in [-0.2, 0) is 10.1 Å². The van der Waals surface area contributed by atoms with Crippen LogP contribution >= 0.6 is 11.6 Å². The Kier molecular flexibility index (Phi) is 5.51. The van der Waals surface area contributed by atoms with E-state index in [1.807, 2.05) is 0 Å². The van der Waals surface area contributed by atoms with Gasteiger partial charge in [-0.3, -0.25) is 0 Å². The first-order chi connectivity index (χ1) is 5.02. The zero-order chi connectivity index (χ0) is 8.48. The van der Waals surface area contributed by atoms with Crippen molar-refractivity contribution in [3.8, 4) is 0 Å². The first kappa shape index (κ1) is 13.1. The van der Waals surface area contributed by atoms with Crippen molar-refractivity contribution in [3.63, 3.8) is 0 Å². The van der Waals surface area contributed by atoms with Gasteiger partial charge >= 0.3 is 51.4 Å². The van der Waals surface area contributed by atoms with Crippen LogP contribution in [0.2, 0.25) is 5.02 Å². The molecule has 0 aromatic heterocycles. The van der Waals surface area contributed by atoms with E-state index in [1.54, 1.807) is 6.07 Å². The molecular weight excluding hydrogens is 227 g/mol. The predicted octanol–water partition coefficient (Wildman–Crippen LogP) is -1.75. The Hall–Kier alpha value is 1.06. The van der Waals surface area contributed by atoms with Gasteiger partial charge in [-0.1, -0.05) is 23.7 Å². The molecular formula is C6H4ClKO3S. The SMILES string of the molecule is O=S(=O)([O-])c1ccccc1Cl.[K+]. The molecule has 6 heteroatoms. The molecule has 0 spiro atoms. The molecule has 0 radical (unpaired) electrons. The Bertz CT molecular complexity index is 363. The van der Waals surface area contributed by atoms with E-state index < -0.39 is 10.1 Å². The molecule has 1 aromatic rings. The van der Waals surface area contributed by atoms with Gasteiger partial charge in [0.15, 0.2) is 0 Å². The molecule has 0 atom stereocenters. The summed E-state index contributed by atoms with van der Waals surface area (Å²) < 4.78 is 31.2. The fraction of sp³-hybridized carbons (Fsp3) is 0. The minimum Gasteiger partial charge on any atom is -0.744 e. The summed E-state index contributed by atoms with van der Waals surface area (Å²) >= 11 is 5.43. The van der Waals surface area contributed by atoms with Crippen molar-refractivity contribution in [2.45, 2.75) is 4.90 Å². The Balaban J connectivity index is 0.00000121. The van der Waals surface area contributed by atoms with E-state index in [0.29, 0.717) is 0 Å². The second-order valence-corrected chi connectivity index (χ2v) is 3.64. The second-order valence-electron chi connectivity index (χ2n) is 1.88. The summed E-state index contributed by atoms with van der Waals surface area (Å²) in [5, 5.41) is -0.0394. The van der Waals surface area contributed by atoms with Crippen LogP contribution in [0.4, 0.5) is 0 Å². The molecule has 0 aliphatic rings. The topological polar surface area (TPSA) is 57.2 Å². The van der Waals surface area contributed by atoms with E-state index in [-0.39, 0.29) is 61.3 Å². The number of halogens is 1. The standard InChI is InChI=1S/C6H5ClO3S.K/c7-5-3-1-2-4-6(5)11(8,9)10;/h1-4H,(H,8,9,10);/q;+1/p-1. The number of hydrogen-bond donors (Lipinski definition) is 0. The molecule has 3 nitrogen and oxygen atoms in total. The van der Waals surface area contributed by atoms with E-state index in [9.17, 15) is 13.0 Å². The third-order valence-corrected chi connectivity index (χ3v) is 2.44. The quantitative estimate of drug-likeness (QED) is 0.425. The summed E-state index contributed by atoms with van der Waals surface area (Å²) in [7, 11) is -4.42. The minimum atomic E-state index is -4.42. The molecule has 12 heavy (non-hydrogen) atoms. The summed E-state index contributed by atoms with van der Waals surface area (Å²) in [6.07, 6.45) is 0. The van der Waals surface area contributed by atoms with Crippen molar-refractivity contribution in [2.24, 2.45) is 0 Å². The van der Waals surface area contributed by atoms with Gasteiger partial charge in [0.1, 0.15) is 10.1 Å². The first-order valence-electron chi connectivity index (χ1n) is 2.72. The first-order valence-corrected chi connectivity index (χ1v) is 4.51. The zero-order valence-electron chi connectivity index (χ0n) is 6.32.